The summed E-state index contributed by atoms with van der Waals surface area (Å²) < 4.78 is 14.2. The quantitative estimate of drug-likeness (QED) is 0.318. The Labute approximate surface area is 204 Å². The number of nitrogens with zero attached hydrogens (tertiary/aromatic N) is 3. The van der Waals surface area contributed by atoms with Crippen molar-refractivity contribution in [2.75, 3.05) is 10.2 Å². The highest BCUT2D eigenvalue weighted by Gasteiger charge is 2.20. The number of anilines is 3. The molecule has 1 N–H and O–H groups in total. The number of carbonyl (C=O) groups excluding carboxylic acids is 2. The van der Waals surface area contributed by atoms with E-state index in [4.69, 9.17) is 0 Å². The highest BCUT2D eigenvalue weighted by molar-refractivity contribution is 7.14. The third kappa shape index (κ3) is 5.27. The number of rotatable bonds is 6. The Hall–Kier alpha value is -3.69. The van der Waals surface area contributed by atoms with Gasteiger partial charge in [-0.2, -0.15) is 0 Å². The van der Waals surface area contributed by atoms with Crippen LogP contribution in [0, 0.1) is 19.7 Å². The fourth-order valence-corrected chi connectivity index (χ4v) is 4.74. The van der Waals surface area contributed by atoms with E-state index in [9.17, 15) is 14.0 Å². The maximum Gasteiger partial charge on any atom is 0.250 e. The van der Waals surface area contributed by atoms with Crippen LogP contribution in [-0.4, -0.2) is 21.8 Å². The Bertz CT molecular complexity index is 1390. The molecular weight excluding hydrogens is 471 g/mol. The van der Waals surface area contributed by atoms with E-state index in [2.05, 4.69) is 35.2 Å². The number of thiazole rings is 2. The number of aryl methyl sites for hydroxylation is 2. The average molecular weight is 493 g/mol. The maximum atomic E-state index is 14.2. The van der Waals surface area contributed by atoms with Crippen LogP contribution in [0.1, 0.15) is 23.7 Å². The standard InChI is InChI=1S/C25H21FN4O2S2/c1-15-8-9-18(12-16(15)2)21-14-33-24(28-21)29-23(32)11-10-19-13-34-25(27-19)30(17(3)31)22-7-5-4-6-20(22)26/h4-14H,1-3H3,(H,28,29,32). The van der Waals surface area contributed by atoms with Crippen LogP contribution in [0.5, 0.6) is 0 Å². The number of hydrogen-bond acceptors (Lipinski definition) is 6. The minimum Gasteiger partial charge on any atom is -0.298 e. The molecule has 2 heterocycles. The van der Waals surface area contributed by atoms with Crippen LogP contribution in [0.15, 0.2) is 59.3 Å². The Morgan fingerprint density at radius 2 is 1.82 bits per heavy atom. The highest BCUT2D eigenvalue weighted by Crippen LogP contribution is 2.31. The topological polar surface area (TPSA) is 75.2 Å². The van der Waals surface area contributed by atoms with Crippen LogP contribution >= 0.6 is 22.7 Å². The molecular formula is C25H21FN4O2S2. The van der Waals surface area contributed by atoms with Crippen LogP contribution in [0.3, 0.4) is 0 Å². The Morgan fingerprint density at radius 3 is 2.56 bits per heavy atom. The molecule has 172 valence electrons. The summed E-state index contributed by atoms with van der Waals surface area (Å²) in [6, 6.07) is 12.1. The zero-order chi connectivity index (χ0) is 24.2. The Kier molecular flexibility index (Phi) is 6.95. The van der Waals surface area contributed by atoms with E-state index in [1.54, 1.807) is 17.5 Å². The first-order valence-corrected chi connectivity index (χ1v) is 12.1. The molecule has 0 saturated carbocycles. The molecule has 0 unspecified atom stereocenters. The molecule has 0 spiro atoms. The molecule has 4 aromatic rings. The molecule has 0 aliphatic rings. The van der Waals surface area contributed by atoms with Gasteiger partial charge in [-0.05, 0) is 49.2 Å². The van der Waals surface area contributed by atoms with Gasteiger partial charge in [-0.25, -0.2) is 14.4 Å². The summed E-state index contributed by atoms with van der Waals surface area (Å²) in [6.45, 7) is 5.45. The molecule has 0 atom stereocenters. The largest absolute Gasteiger partial charge is 0.298 e. The van der Waals surface area contributed by atoms with Gasteiger partial charge >= 0.3 is 0 Å². The minimum absolute atomic E-state index is 0.126. The molecule has 2 amide bonds. The normalized spacial score (nSPS) is 11.1. The SMILES string of the molecule is CC(=O)N(c1nc(C=CC(=O)Nc2nc(-c3ccc(C)c(C)c3)cs2)cs1)c1ccccc1F. The fourth-order valence-electron chi connectivity index (χ4n) is 3.17. The first-order valence-electron chi connectivity index (χ1n) is 10.3. The van der Waals surface area contributed by atoms with E-state index in [0.29, 0.717) is 16.0 Å². The van der Waals surface area contributed by atoms with Crippen LogP contribution in [0.2, 0.25) is 0 Å². The predicted molar refractivity (Wildman–Crippen MR) is 136 cm³/mol. The van der Waals surface area contributed by atoms with Gasteiger partial charge in [0.05, 0.1) is 17.1 Å². The summed E-state index contributed by atoms with van der Waals surface area (Å²) in [5.41, 5.74) is 4.79. The zero-order valence-electron chi connectivity index (χ0n) is 18.7. The summed E-state index contributed by atoms with van der Waals surface area (Å²) in [5.74, 6) is -1.24. The number of carbonyl (C=O) groups is 2. The number of amides is 2. The number of para-hydroxylation sites is 1. The molecule has 2 aromatic heterocycles. The van der Waals surface area contributed by atoms with E-state index < -0.39 is 5.82 Å². The van der Waals surface area contributed by atoms with Crippen molar-refractivity contribution in [3.63, 3.8) is 0 Å². The van der Waals surface area contributed by atoms with Gasteiger partial charge < -0.3 is 0 Å². The van der Waals surface area contributed by atoms with Gasteiger partial charge in [0, 0.05) is 29.3 Å². The molecule has 34 heavy (non-hydrogen) atoms. The smallest absolute Gasteiger partial charge is 0.250 e. The molecule has 4 rings (SSSR count). The Balaban J connectivity index is 1.44. The summed E-state index contributed by atoms with van der Waals surface area (Å²) in [4.78, 5) is 34.6. The van der Waals surface area contributed by atoms with Crippen molar-refractivity contribution < 1.29 is 14.0 Å². The highest BCUT2D eigenvalue weighted by atomic mass is 32.1. The molecule has 9 heteroatoms. The van der Waals surface area contributed by atoms with Crippen LogP contribution in [0.4, 0.5) is 20.3 Å². The number of benzene rings is 2. The van der Waals surface area contributed by atoms with Crippen molar-refractivity contribution >= 4 is 56.5 Å². The van der Waals surface area contributed by atoms with Crippen molar-refractivity contribution in [2.45, 2.75) is 20.8 Å². The van der Waals surface area contributed by atoms with Gasteiger partial charge in [0.15, 0.2) is 10.3 Å². The van der Waals surface area contributed by atoms with Crippen molar-refractivity contribution in [3.05, 3.63) is 81.9 Å². The van der Waals surface area contributed by atoms with Gasteiger partial charge in [0.1, 0.15) is 5.82 Å². The lowest BCUT2D eigenvalue weighted by Crippen LogP contribution is -2.23. The number of nitrogens with one attached hydrogen (secondary N) is 1. The van der Waals surface area contributed by atoms with E-state index in [-0.39, 0.29) is 17.5 Å². The van der Waals surface area contributed by atoms with Crippen molar-refractivity contribution in [2.24, 2.45) is 0 Å². The molecule has 0 fully saturated rings. The van der Waals surface area contributed by atoms with Crippen molar-refractivity contribution in [1.82, 2.24) is 9.97 Å². The first-order chi connectivity index (χ1) is 16.3. The first kappa shape index (κ1) is 23.5. The van der Waals surface area contributed by atoms with Crippen molar-refractivity contribution in [1.29, 1.82) is 0 Å². The minimum atomic E-state index is -0.520. The molecule has 0 saturated heterocycles. The van der Waals surface area contributed by atoms with Gasteiger partial charge in [0.25, 0.3) is 0 Å². The third-order valence-corrected chi connectivity index (χ3v) is 6.65. The number of hydrogen-bond donors (Lipinski definition) is 1. The number of halogens is 1. The predicted octanol–water partition coefficient (Wildman–Crippen LogP) is 6.36. The lowest BCUT2D eigenvalue weighted by Gasteiger charge is -2.18. The molecule has 0 aliphatic carbocycles. The summed E-state index contributed by atoms with van der Waals surface area (Å²) in [5, 5.41) is 7.15. The lowest BCUT2D eigenvalue weighted by atomic mass is 10.1. The number of aromatic nitrogens is 2. The van der Waals surface area contributed by atoms with E-state index >= 15 is 0 Å². The molecule has 0 aliphatic heterocycles. The van der Waals surface area contributed by atoms with Crippen LogP contribution < -0.4 is 10.2 Å². The third-order valence-electron chi connectivity index (χ3n) is 5.05. The second-order valence-electron chi connectivity index (χ2n) is 7.52. The molecule has 0 bridgehead atoms. The van der Waals surface area contributed by atoms with Gasteiger partial charge in [-0.1, -0.05) is 24.3 Å². The van der Waals surface area contributed by atoms with Crippen LogP contribution in [0.25, 0.3) is 17.3 Å². The average Bonchev–Trinajstić information content (AvgIpc) is 3.45. The van der Waals surface area contributed by atoms with Gasteiger partial charge in [0.2, 0.25) is 11.8 Å². The fraction of sp³-hybridized carbons (Fsp3) is 0.120. The second kappa shape index (κ2) is 10.1. The maximum absolute atomic E-state index is 14.2. The van der Waals surface area contributed by atoms with Crippen molar-refractivity contribution in [3.8, 4) is 11.3 Å². The monoisotopic (exact) mass is 492 g/mol. The Morgan fingerprint density at radius 1 is 1.03 bits per heavy atom. The van der Waals surface area contributed by atoms with E-state index in [1.165, 1.54) is 69.9 Å². The molecule has 2 aromatic carbocycles. The summed E-state index contributed by atoms with van der Waals surface area (Å²) in [6.07, 6.45) is 2.88. The van der Waals surface area contributed by atoms with Crippen LogP contribution in [-0.2, 0) is 9.59 Å². The molecule has 6 nitrogen and oxygen atoms in total. The molecule has 0 radical (unpaired) electrons. The summed E-state index contributed by atoms with van der Waals surface area (Å²) >= 11 is 2.53. The van der Waals surface area contributed by atoms with E-state index in [0.717, 1.165) is 11.3 Å². The lowest BCUT2D eigenvalue weighted by molar-refractivity contribution is -0.116. The summed E-state index contributed by atoms with van der Waals surface area (Å²) in [7, 11) is 0. The van der Waals surface area contributed by atoms with E-state index in [1.807, 2.05) is 17.5 Å². The zero-order valence-corrected chi connectivity index (χ0v) is 20.3. The van der Waals surface area contributed by atoms with Gasteiger partial charge in [-0.15, -0.1) is 22.7 Å². The second-order valence-corrected chi connectivity index (χ2v) is 9.21. The van der Waals surface area contributed by atoms with Gasteiger partial charge in [-0.3, -0.25) is 19.8 Å².